The molecule has 1 saturated carbocycles. The second-order valence-corrected chi connectivity index (χ2v) is 4.80. The molecule has 16 heavy (non-hydrogen) atoms. The van der Waals surface area contributed by atoms with Crippen LogP contribution in [0.25, 0.3) is 0 Å². The van der Waals surface area contributed by atoms with E-state index in [-0.39, 0.29) is 23.8 Å². The van der Waals surface area contributed by atoms with Crippen molar-refractivity contribution in [2.45, 2.75) is 31.7 Å². The van der Waals surface area contributed by atoms with Crippen LogP contribution in [-0.4, -0.2) is 42.4 Å². The number of nitrogens with one attached hydrogen (secondary N) is 1. The van der Waals surface area contributed by atoms with Crippen molar-refractivity contribution in [1.29, 1.82) is 0 Å². The van der Waals surface area contributed by atoms with Crippen LogP contribution in [0.4, 0.5) is 0 Å². The summed E-state index contributed by atoms with van der Waals surface area (Å²) >= 11 is 0. The van der Waals surface area contributed by atoms with Crippen LogP contribution in [0, 0.1) is 5.92 Å². The van der Waals surface area contributed by atoms with Gasteiger partial charge in [-0.25, -0.2) is 0 Å². The first-order valence-electron chi connectivity index (χ1n) is 5.96. The van der Waals surface area contributed by atoms with Crippen LogP contribution in [0.2, 0.25) is 0 Å². The Balaban J connectivity index is 1.68. The summed E-state index contributed by atoms with van der Waals surface area (Å²) in [6.45, 7) is 2.03. The van der Waals surface area contributed by atoms with E-state index in [9.17, 15) is 9.59 Å². The van der Waals surface area contributed by atoms with Crippen molar-refractivity contribution < 1.29 is 9.59 Å². The summed E-state index contributed by atoms with van der Waals surface area (Å²) in [5.41, 5.74) is 5.14. The zero-order valence-electron chi connectivity index (χ0n) is 9.45. The number of amides is 2. The molecule has 3 N–H and O–H groups in total. The molecule has 5 nitrogen and oxygen atoms in total. The fraction of sp³-hybridized carbons (Fsp3) is 0.818. The lowest BCUT2D eigenvalue weighted by atomic mass is 10.0. The van der Waals surface area contributed by atoms with E-state index >= 15 is 0 Å². The Hall–Kier alpha value is -1.10. The number of piperidine rings is 1. The molecule has 5 heteroatoms. The maximum atomic E-state index is 11.5. The van der Waals surface area contributed by atoms with Crippen LogP contribution in [0.1, 0.15) is 25.7 Å². The third kappa shape index (κ3) is 3.20. The number of hydrogen-bond acceptors (Lipinski definition) is 3. The molecular formula is C11H19N3O2. The fourth-order valence-electron chi connectivity index (χ4n) is 2.12. The summed E-state index contributed by atoms with van der Waals surface area (Å²) in [6, 6.07) is 0.289. The van der Waals surface area contributed by atoms with Gasteiger partial charge in [0.1, 0.15) is 0 Å². The molecule has 0 aromatic rings. The van der Waals surface area contributed by atoms with E-state index in [1.165, 1.54) is 0 Å². The molecule has 1 aliphatic carbocycles. The van der Waals surface area contributed by atoms with Crippen LogP contribution in [0.15, 0.2) is 0 Å². The molecule has 0 atom stereocenters. The summed E-state index contributed by atoms with van der Waals surface area (Å²) in [4.78, 5) is 24.3. The number of likely N-dealkylation sites (tertiary alicyclic amines) is 1. The maximum Gasteiger partial charge on any atom is 0.231 e. The highest BCUT2D eigenvalue weighted by molar-refractivity contribution is 5.81. The Kier molecular flexibility index (Phi) is 3.43. The molecule has 2 fully saturated rings. The summed E-state index contributed by atoms with van der Waals surface area (Å²) in [6.07, 6.45) is 3.94. The highest BCUT2D eigenvalue weighted by atomic mass is 16.2. The second-order valence-electron chi connectivity index (χ2n) is 4.80. The van der Waals surface area contributed by atoms with Crippen LogP contribution >= 0.6 is 0 Å². The first-order chi connectivity index (χ1) is 7.65. The SMILES string of the molecule is NC(=O)CN1CCC(NC(=O)C2CC2)CC1. The Morgan fingerprint density at radius 3 is 2.31 bits per heavy atom. The van der Waals surface area contributed by atoms with Gasteiger partial charge in [0.2, 0.25) is 11.8 Å². The second kappa shape index (κ2) is 4.82. The molecule has 2 amide bonds. The molecular weight excluding hydrogens is 206 g/mol. The van der Waals surface area contributed by atoms with Crippen molar-refractivity contribution in [2.24, 2.45) is 11.7 Å². The van der Waals surface area contributed by atoms with E-state index in [2.05, 4.69) is 5.32 Å². The lowest BCUT2D eigenvalue weighted by Gasteiger charge is -2.31. The third-order valence-electron chi connectivity index (χ3n) is 3.26. The molecule has 1 heterocycles. The van der Waals surface area contributed by atoms with Gasteiger partial charge < -0.3 is 11.1 Å². The topological polar surface area (TPSA) is 75.4 Å². The number of carbonyl (C=O) groups is 2. The minimum atomic E-state index is -0.277. The molecule has 0 bridgehead atoms. The summed E-state index contributed by atoms with van der Waals surface area (Å²) < 4.78 is 0. The van der Waals surface area contributed by atoms with Crippen LogP contribution < -0.4 is 11.1 Å². The van der Waals surface area contributed by atoms with E-state index < -0.39 is 0 Å². The number of hydrogen-bond donors (Lipinski definition) is 2. The summed E-state index contributed by atoms with van der Waals surface area (Å²) in [5, 5.41) is 3.07. The average molecular weight is 225 g/mol. The van der Waals surface area contributed by atoms with Gasteiger partial charge in [-0.3, -0.25) is 14.5 Å². The van der Waals surface area contributed by atoms with Crippen LogP contribution in [-0.2, 0) is 9.59 Å². The van der Waals surface area contributed by atoms with Crippen molar-refractivity contribution in [3.05, 3.63) is 0 Å². The van der Waals surface area contributed by atoms with Crippen LogP contribution in [0.5, 0.6) is 0 Å². The number of rotatable bonds is 4. The highest BCUT2D eigenvalue weighted by Gasteiger charge is 2.31. The van der Waals surface area contributed by atoms with Crippen molar-refractivity contribution >= 4 is 11.8 Å². The van der Waals surface area contributed by atoms with Crippen LogP contribution in [0.3, 0.4) is 0 Å². The Morgan fingerprint density at radius 2 is 1.81 bits per heavy atom. The number of carbonyl (C=O) groups excluding carboxylic acids is 2. The fourth-order valence-corrected chi connectivity index (χ4v) is 2.12. The number of nitrogens with zero attached hydrogens (tertiary/aromatic N) is 1. The predicted octanol–water partition coefficient (Wildman–Crippen LogP) is -0.538. The summed E-state index contributed by atoms with van der Waals surface area (Å²) in [5.74, 6) is 0.220. The predicted molar refractivity (Wildman–Crippen MR) is 59.5 cm³/mol. The molecule has 2 rings (SSSR count). The number of primary amides is 1. The average Bonchev–Trinajstić information content (AvgIpc) is 3.03. The number of nitrogens with two attached hydrogens (primary N) is 1. The first kappa shape index (κ1) is 11.4. The third-order valence-corrected chi connectivity index (χ3v) is 3.26. The van der Waals surface area contributed by atoms with E-state index in [0.717, 1.165) is 38.8 Å². The van der Waals surface area contributed by atoms with E-state index in [4.69, 9.17) is 5.73 Å². The Morgan fingerprint density at radius 1 is 1.19 bits per heavy atom. The van der Waals surface area contributed by atoms with Gasteiger partial charge in [-0.05, 0) is 25.7 Å². The van der Waals surface area contributed by atoms with Gasteiger partial charge in [0.05, 0.1) is 6.54 Å². The maximum absolute atomic E-state index is 11.5. The summed E-state index contributed by atoms with van der Waals surface area (Å²) in [7, 11) is 0. The van der Waals surface area contributed by atoms with Gasteiger partial charge in [0, 0.05) is 25.0 Å². The minimum absolute atomic E-state index is 0.216. The van der Waals surface area contributed by atoms with E-state index in [1.807, 2.05) is 4.90 Å². The molecule has 90 valence electrons. The van der Waals surface area contributed by atoms with E-state index in [0.29, 0.717) is 6.54 Å². The van der Waals surface area contributed by atoms with E-state index in [1.54, 1.807) is 0 Å². The largest absolute Gasteiger partial charge is 0.369 e. The first-order valence-corrected chi connectivity index (χ1v) is 5.96. The lowest BCUT2D eigenvalue weighted by Crippen LogP contribution is -2.47. The van der Waals surface area contributed by atoms with Crippen molar-refractivity contribution in [3.63, 3.8) is 0 Å². The highest BCUT2D eigenvalue weighted by Crippen LogP contribution is 2.29. The van der Waals surface area contributed by atoms with Gasteiger partial charge in [-0.1, -0.05) is 0 Å². The molecule has 0 aromatic carbocycles. The molecule has 1 aliphatic heterocycles. The Labute approximate surface area is 95.3 Å². The zero-order valence-corrected chi connectivity index (χ0v) is 9.45. The van der Waals surface area contributed by atoms with Gasteiger partial charge >= 0.3 is 0 Å². The lowest BCUT2D eigenvalue weighted by molar-refractivity contribution is -0.124. The quantitative estimate of drug-likeness (QED) is 0.675. The molecule has 0 radical (unpaired) electrons. The van der Waals surface area contributed by atoms with Crippen molar-refractivity contribution in [2.75, 3.05) is 19.6 Å². The van der Waals surface area contributed by atoms with Gasteiger partial charge in [0.25, 0.3) is 0 Å². The smallest absolute Gasteiger partial charge is 0.231 e. The van der Waals surface area contributed by atoms with Gasteiger partial charge in [-0.2, -0.15) is 0 Å². The molecule has 0 unspecified atom stereocenters. The van der Waals surface area contributed by atoms with Crippen molar-refractivity contribution in [1.82, 2.24) is 10.2 Å². The monoisotopic (exact) mass is 225 g/mol. The molecule has 0 aromatic heterocycles. The molecule has 2 aliphatic rings. The normalized spacial score (nSPS) is 23.0. The van der Waals surface area contributed by atoms with Crippen molar-refractivity contribution in [3.8, 4) is 0 Å². The molecule has 0 spiro atoms. The van der Waals surface area contributed by atoms with Gasteiger partial charge in [0.15, 0.2) is 0 Å². The Bertz CT molecular complexity index is 281. The zero-order chi connectivity index (χ0) is 11.5. The minimum Gasteiger partial charge on any atom is -0.369 e. The standard InChI is InChI=1S/C11H19N3O2/c12-10(15)7-14-5-3-9(4-6-14)13-11(16)8-1-2-8/h8-9H,1-7H2,(H2,12,15)(H,13,16). The molecule has 1 saturated heterocycles. The van der Waals surface area contributed by atoms with Gasteiger partial charge in [-0.15, -0.1) is 0 Å².